The zero-order valence-electron chi connectivity index (χ0n) is 37.3. The van der Waals surface area contributed by atoms with Crippen LogP contribution in [0.15, 0.2) is 23.0 Å². The molecule has 60 heavy (non-hydrogen) atoms. The number of rotatable bonds is 16. The maximum atomic E-state index is 14.3. The quantitative estimate of drug-likeness (QED) is 0.0466. The van der Waals surface area contributed by atoms with Crippen LogP contribution in [-0.4, -0.2) is 60.8 Å². The van der Waals surface area contributed by atoms with E-state index in [1.807, 2.05) is 52.0 Å². The summed E-state index contributed by atoms with van der Waals surface area (Å²) in [7, 11) is 1.27. The Kier molecular flexibility index (Phi) is 15.6. The first kappa shape index (κ1) is 46.7. The molecule has 8 bridgehead atoms. The van der Waals surface area contributed by atoms with Crippen LogP contribution in [0.3, 0.4) is 0 Å². The number of allylic oxidation sites excluding steroid dienone is 3. The second-order valence-corrected chi connectivity index (χ2v) is 17.3. The third-order valence-corrected chi connectivity index (χ3v) is 12.7. The molecule has 1 aliphatic carbocycles. The van der Waals surface area contributed by atoms with Gasteiger partial charge in [-0.25, -0.2) is 0 Å². The second-order valence-electron chi connectivity index (χ2n) is 17.3. The van der Waals surface area contributed by atoms with Crippen LogP contribution >= 0.6 is 0 Å². The van der Waals surface area contributed by atoms with Gasteiger partial charge in [-0.3, -0.25) is 19.2 Å². The summed E-state index contributed by atoms with van der Waals surface area (Å²) >= 11 is 0. The van der Waals surface area contributed by atoms with E-state index >= 15 is 0 Å². The third kappa shape index (κ3) is 9.57. The molecule has 4 atom stereocenters. The summed E-state index contributed by atoms with van der Waals surface area (Å²) in [5.41, 5.74) is 9.11. The van der Waals surface area contributed by atoms with E-state index in [9.17, 15) is 19.2 Å². The number of fused-ring (bicyclic) bond motifs is 7. The Hall–Kier alpha value is -4.35. The van der Waals surface area contributed by atoms with Crippen molar-refractivity contribution in [1.29, 1.82) is 0 Å². The molecule has 0 N–H and O–H groups in total. The molecule has 11 heteroatoms. The van der Waals surface area contributed by atoms with E-state index in [1.165, 1.54) is 38.4 Å². The van der Waals surface area contributed by atoms with Gasteiger partial charge in [-0.05, 0) is 83.1 Å². The number of hydrogen-bond donors (Lipinski definition) is 0. The molecule has 0 spiro atoms. The van der Waals surface area contributed by atoms with Crippen molar-refractivity contribution >= 4 is 70.9 Å². The van der Waals surface area contributed by atoms with Crippen molar-refractivity contribution in [2.75, 3.05) is 13.7 Å². The van der Waals surface area contributed by atoms with E-state index in [-0.39, 0.29) is 59.7 Å². The molecule has 0 radical (unpaired) electrons. The topological polar surface area (TPSA) is 143 Å². The van der Waals surface area contributed by atoms with E-state index in [2.05, 4.69) is 34.6 Å². The largest absolute Gasteiger partial charge is 2.00 e. The van der Waals surface area contributed by atoms with Gasteiger partial charge in [-0.1, -0.05) is 112 Å². The van der Waals surface area contributed by atoms with Gasteiger partial charge >= 0.3 is 35.0 Å². The summed E-state index contributed by atoms with van der Waals surface area (Å²) < 4.78 is 10.9. The van der Waals surface area contributed by atoms with E-state index in [4.69, 9.17) is 29.7 Å². The number of ether oxygens (including phenoxy) is 2. The van der Waals surface area contributed by atoms with E-state index in [0.29, 0.717) is 86.1 Å². The van der Waals surface area contributed by atoms with Crippen LogP contribution in [0, 0.1) is 50.4 Å². The van der Waals surface area contributed by atoms with Gasteiger partial charge in [0.15, 0.2) is 5.78 Å². The van der Waals surface area contributed by atoms with Crippen LogP contribution in [0.5, 0.6) is 0 Å². The van der Waals surface area contributed by atoms with Crippen molar-refractivity contribution in [2.45, 2.75) is 120 Å². The molecule has 3 aliphatic rings. The zero-order valence-corrected chi connectivity index (χ0v) is 38.7. The number of esters is 2. The molecule has 3 aromatic rings. The molecule has 0 unspecified atom stereocenters. The maximum absolute atomic E-state index is 14.3. The number of carbonyl (C=O) groups is 4. The van der Waals surface area contributed by atoms with E-state index in [0.717, 1.165) is 41.5 Å². The van der Waals surface area contributed by atoms with Gasteiger partial charge in [0.25, 0.3) is 0 Å². The number of ketones is 1. The Balaban J connectivity index is 0.00000683. The summed E-state index contributed by atoms with van der Waals surface area (Å²) in [6.07, 6.45) is 16.7. The fourth-order valence-electron chi connectivity index (χ4n) is 9.01. The Labute approximate surface area is 371 Å². The van der Waals surface area contributed by atoms with Crippen LogP contribution < -0.4 is 25.7 Å². The van der Waals surface area contributed by atoms with Crippen LogP contribution in [-0.2, 0) is 25.5 Å². The van der Waals surface area contributed by atoms with Crippen molar-refractivity contribution in [1.82, 2.24) is 15.0 Å². The smallest absolute Gasteiger partial charge is 0.664 e. The summed E-state index contributed by atoms with van der Waals surface area (Å²) in [6, 6.07) is 0. The first-order valence-corrected chi connectivity index (χ1v) is 21.4. The minimum atomic E-state index is -1.25. The van der Waals surface area contributed by atoms with Crippen LogP contribution in [0.1, 0.15) is 159 Å². The van der Waals surface area contributed by atoms with Gasteiger partial charge in [0.2, 0.25) is 0 Å². The van der Waals surface area contributed by atoms with Crippen LogP contribution in [0.4, 0.5) is 0 Å². The van der Waals surface area contributed by atoms with Gasteiger partial charge in [0.1, 0.15) is 18.8 Å². The number of hydrogen-bond acceptors (Lipinski definition) is 6. The molecule has 6 rings (SSSR count). The maximum Gasteiger partial charge on any atom is 2.00 e. The first-order chi connectivity index (χ1) is 28.2. The minimum absolute atomic E-state index is 0. The normalized spacial score (nSPS) is 21.9. The fourth-order valence-corrected chi connectivity index (χ4v) is 9.01. The number of carbonyl (C=O) groups excluding carboxylic acids is 4. The second kappa shape index (κ2) is 20.0. The number of methoxy groups -OCH3 is 1. The minimum Gasteiger partial charge on any atom is -0.664 e. The number of nitrogens with zero attached hydrogens (tertiary/aromatic N) is 4. The van der Waals surface area contributed by atoms with E-state index in [1.54, 1.807) is 0 Å². The van der Waals surface area contributed by atoms with Crippen LogP contribution in [0.25, 0.3) is 29.1 Å². The summed E-state index contributed by atoms with van der Waals surface area (Å²) in [4.78, 5) is 68.5. The van der Waals surface area contributed by atoms with Crippen molar-refractivity contribution in [3.63, 3.8) is 0 Å². The average Bonchev–Trinajstić information content (AvgIpc) is 3.94. The monoisotopic (exact) mass is 824 g/mol. The Morgan fingerprint density at radius 3 is 2.27 bits per heavy atom. The summed E-state index contributed by atoms with van der Waals surface area (Å²) in [6.45, 7) is 19.0. The van der Waals surface area contributed by atoms with Gasteiger partial charge in [-0.15, -0.1) is 33.5 Å². The molecule has 10 nitrogen and oxygen atoms in total. The molecule has 2 aliphatic heterocycles. The molecule has 0 saturated carbocycles. The Morgan fingerprint density at radius 2 is 1.58 bits per heavy atom. The molecule has 316 valence electrons. The molecular formula is C49H60MgN4O6-2. The molecule has 1 saturated heterocycles. The van der Waals surface area contributed by atoms with Crippen molar-refractivity contribution in [3.05, 3.63) is 95.2 Å². The van der Waals surface area contributed by atoms with E-state index < -0.39 is 11.9 Å². The van der Waals surface area contributed by atoms with Gasteiger partial charge in [0.05, 0.1) is 7.11 Å². The Morgan fingerprint density at radius 1 is 0.883 bits per heavy atom. The molecule has 0 aromatic carbocycles. The molecule has 0 amide bonds. The molecule has 5 heterocycles. The van der Waals surface area contributed by atoms with Gasteiger partial charge < -0.3 is 29.7 Å². The average molecular weight is 825 g/mol. The Bertz CT molecular complexity index is 2350. The molecule has 3 aromatic heterocycles. The van der Waals surface area contributed by atoms with Crippen LogP contribution in [0.2, 0.25) is 0 Å². The van der Waals surface area contributed by atoms with Gasteiger partial charge in [-0.2, -0.15) is 11.4 Å². The standard InChI is InChI=1S/C49H62N4O6.Mg/c1-11-33-29(6)37-23-41-35(25-54)31(8)36(51-41)22-38-30(7)34(18-19-42(55)59-21-20-28(5)17-13-16-27(4)15-12-14-26(2)3)46(52-38)44-45(49(57)58-10)48(56)43-32(9)39(53-47(43)44)24-40(33)50-37;/h20,22-27,30,34,45H,11-19,21H2,1-10H3,(H2-2,50,51,52,53,54,56);/q-2;+2/p-2/b28-20-,38-22-;/t27-,30+,34+,45-;/m1./s1. The number of aromatic nitrogens is 3. The summed E-state index contributed by atoms with van der Waals surface area (Å²) in [5.74, 6) is -1.81. The SMILES string of the molecule is CCc1c(C)/c2[n-]/c1=C\c1[n-]c3c(c1C)C(=O)[C@H](C(=O)OC)/C3=C1/[N-]/C(=C\c3[n-]c(c(C=O)c3C)\C=2)[C@@H](C)[C@@H]1CCC(=O)OC/C=C(/C)CCC[C@H](C)CCCC(C)C.[Mg+2]. The van der Waals surface area contributed by atoms with Gasteiger partial charge in [0, 0.05) is 17.5 Å². The molecular weight excluding hydrogens is 765 g/mol. The predicted octanol–water partition coefficient (Wildman–Crippen LogP) is 7.73. The van der Waals surface area contributed by atoms with Crippen molar-refractivity contribution in [2.24, 2.45) is 29.6 Å². The van der Waals surface area contributed by atoms with Crippen molar-refractivity contribution < 1.29 is 28.7 Å². The zero-order chi connectivity index (χ0) is 42.7. The number of Topliss-reactive ketones (excluding diaryl/α,β-unsaturated/α-hetero) is 1. The molecule has 1 fully saturated rings. The number of aldehydes is 1. The fraction of sp³-hybridized carbons (Fsp3) is 0.510. The summed E-state index contributed by atoms with van der Waals surface area (Å²) in [5, 5.41) is 6.58. The predicted molar refractivity (Wildman–Crippen MR) is 237 cm³/mol. The van der Waals surface area contributed by atoms with Crippen molar-refractivity contribution in [3.8, 4) is 0 Å². The first-order valence-electron chi connectivity index (χ1n) is 21.4. The third-order valence-electron chi connectivity index (χ3n) is 12.7.